The molecule has 4 heteroatoms. The first-order valence-corrected chi connectivity index (χ1v) is 7.86. The summed E-state index contributed by atoms with van der Waals surface area (Å²) in [7, 11) is 0. The topological polar surface area (TPSA) is 45.0 Å². The second-order valence-electron chi connectivity index (χ2n) is 5.89. The summed E-state index contributed by atoms with van der Waals surface area (Å²) in [5, 5.41) is 12.3. The van der Waals surface area contributed by atoms with Gasteiger partial charge < -0.3 is 10.1 Å². The zero-order valence-corrected chi connectivity index (χ0v) is 13.7. The maximum Gasteiger partial charge on any atom is 0.137 e. The molecule has 0 spiro atoms. The van der Waals surface area contributed by atoms with Crippen LogP contribution in [0.3, 0.4) is 0 Å². The van der Waals surface area contributed by atoms with Gasteiger partial charge in [-0.05, 0) is 34.8 Å². The summed E-state index contributed by atoms with van der Waals surface area (Å²) in [5.74, 6) is 0.907. The Morgan fingerprint density at radius 3 is 2.80 bits per heavy atom. The molecule has 0 bridgehead atoms. The second-order valence-corrected chi connectivity index (χ2v) is 6.74. The van der Waals surface area contributed by atoms with Gasteiger partial charge in [-0.1, -0.05) is 26.0 Å². The fourth-order valence-corrected chi connectivity index (χ4v) is 2.63. The number of nitrogens with one attached hydrogen (secondary N) is 1. The number of halogens is 1. The fourth-order valence-electron chi connectivity index (χ4n) is 2.11. The molecule has 1 aromatic rings. The highest BCUT2D eigenvalue weighted by molar-refractivity contribution is 9.10. The second kappa shape index (κ2) is 6.60. The lowest BCUT2D eigenvalue weighted by molar-refractivity contribution is 0.233. The summed E-state index contributed by atoms with van der Waals surface area (Å²) in [6.45, 7) is 5.69. The van der Waals surface area contributed by atoms with Gasteiger partial charge in [0.05, 0.1) is 17.1 Å². The molecular weight excluding hydrogens is 316 g/mol. The molecule has 1 fully saturated rings. The van der Waals surface area contributed by atoms with E-state index in [2.05, 4.69) is 47.2 Å². The Kier molecular flexibility index (Phi) is 5.06. The maximum atomic E-state index is 8.87. The highest BCUT2D eigenvalue weighted by atomic mass is 79.9. The van der Waals surface area contributed by atoms with Crippen LogP contribution in [0.4, 0.5) is 0 Å². The van der Waals surface area contributed by atoms with E-state index in [1.54, 1.807) is 0 Å². The van der Waals surface area contributed by atoms with Crippen molar-refractivity contribution < 1.29 is 4.74 Å². The summed E-state index contributed by atoms with van der Waals surface area (Å²) in [4.78, 5) is 0. The Labute approximate surface area is 129 Å². The summed E-state index contributed by atoms with van der Waals surface area (Å²) < 4.78 is 7.02. The molecule has 0 amide bonds. The van der Waals surface area contributed by atoms with Gasteiger partial charge in [0.2, 0.25) is 0 Å². The van der Waals surface area contributed by atoms with Gasteiger partial charge >= 0.3 is 0 Å². The minimum Gasteiger partial charge on any atom is -0.491 e. The van der Waals surface area contributed by atoms with Gasteiger partial charge in [0.15, 0.2) is 0 Å². The molecule has 2 rings (SSSR count). The number of ether oxygens (including phenoxy) is 1. The van der Waals surface area contributed by atoms with Crippen molar-refractivity contribution >= 4 is 15.9 Å². The Hall–Kier alpha value is -1.05. The summed E-state index contributed by atoms with van der Waals surface area (Å²) in [5.41, 5.74) is 1.26. The SMILES string of the molecule is CC(C)NCc1cccc(Br)c1OCC1(CC#N)CC1. The summed E-state index contributed by atoms with van der Waals surface area (Å²) in [6.07, 6.45) is 2.80. The molecule has 108 valence electrons. The van der Waals surface area contributed by atoms with E-state index < -0.39 is 0 Å². The van der Waals surface area contributed by atoms with Gasteiger partial charge in [0, 0.05) is 30.0 Å². The van der Waals surface area contributed by atoms with Crippen LogP contribution in [0.5, 0.6) is 5.75 Å². The minimum absolute atomic E-state index is 0.104. The van der Waals surface area contributed by atoms with Crippen molar-refractivity contribution in [1.29, 1.82) is 5.26 Å². The van der Waals surface area contributed by atoms with E-state index in [1.807, 2.05) is 12.1 Å². The number of hydrogen-bond donors (Lipinski definition) is 1. The van der Waals surface area contributed by atoms with Gasteiger partial charge in [-0.25, -0.2) is 0 Å². The van der Waals surface area contributed by atoms with Crippen LogP contribution in [-0.2, 0) is 6.54 Å². The van der Waals surface area contributed by atoms with Crippen molar-refractivity contribution in [2.45, 2.75) is 45.7 Å². The molecule has 1 saturated carbocycles. The van der Waals surface area contributed by atoms with E-state index in [9.17, 15) is 0 Å². The molecule has 0 atom stereocenters. The van der Waals surface area contributed by atoms with Crippen LogP contribution in [0, 0.1) is 16.7 Å². The van der Waals surface area contributed by atoms with E-state index in [0.29, 0.717) is 19.1 Å². The van der Waals surface area contributed by atoms with Gasteiger partial charge in [-0.3, -0.25) is 0 Å². The molecular formula is C16H21BrN2O. The lowest BCUT2D eigenvalue weighted by Crippen LogP contribution is -2.22. The van der Waals surface area contributed by atoms with E-state index in [4.69, 9.17) is 10.00 Å². The molecule has 20 heavy (non-hydrogen) atoms. The third kappa shape index (κ3) is 3.97. The average molecular weight is 337 g/mol. The predicted molar refractivity (Wildman–Crippen MR) is 83.5 cm³/mol. The molecule has 0 heterocycles. The molecule has 1 aliphatic carbocycles. The Morgan fingerprint density at radius 1 is 1.45 bits per heavy atom. The van der Waals surface area contributed by atoms with Gasteiger partial charge in [0.25, 0.3) is 0 Å². The third-order valence-corrected chi connectivity index (χ3v) is 4.31. The van der Waals surface area contributed by atoms with E-state index >= 15 is 0 Å². The molecule has 1 aromatic carbocycles. The maximum absolute atomic E-state index is 8.87. The number of para-hydroxylation sites is 1. The fraction of sp³-hybridized carbons (Fsp3) is 0.562. The normalized spacial score (nSPS) is 15.9. The van der Waals surface area contributed by atoms with Crippen molar-refractivity contribution in [3.8, 4) is 11.8 Å². The van der Waals surface area contributed by atoms with E-state index in [-0.39, 0.29) is 5.41 Å². The Bertz CT molecular complexity index is 504. The first-order valence-electron chi connectivity index (χ1n) is 7.07. The van der Waals surface area contributed by atoms with Crippen molar-refractivity contribution in [1.82, 2.24) is 5.32 Å². The van der Waals surface area contributed by atoms with Crippen LogP contribution in [-0.4, -0.2) is 12.6 Å². The molecule has 0 unspecified atom stereocenters. The first kappa shape index (κ1) is 15.3. The van der Waals surface area contributed by atoms with E-state index in [0.717, 1.165) is 35.2 Å². The highest BCUT2D eigenvalue weighted by Crippen LogP contribution is 2.49. The first-order chi connectivity index (χ1) is 9.56. The zero-order valence-electron chi connectivity index (χ0n) is 12.1. The monoisotopic (exact) mass is 336 g/mol. The van der Waals surface area contributed by atoms with Gasteiger partial charge in [-0.2, -0.15) is 5.26 Å². The van der Waals surface area contributed by atoms with Crippen molar-refractivity contribution in [2.75, 3.05) is 6.61 Å². The Morgan fingerprint density at radius 2 is 2.20 bits per heavy atom. The molecule has 0 saturated heterocycles. The number of nitriles is 1. The number of nitrogens with zero attached hydrogens (tertiary/aromatic N) is 1. The predicted octanol–water partition coefficient (Wildman–Crippen LogP) is 4.02. The smallest absolute Gasteiger partial charge is 0.137 e. The highest BCUT2D eigenvalue weighted by Gasteiger charge is 2.43. The summed E-state index contributed by atoms with van der Waals surface area (Å²) >= 11 is 3.56. The van der Waals surface area contributed by atoms with E-state index in [1.165, 1.54) is 0 Å². The van der Waals surface area contributed by atoms with Crippen LogP contribution in [0.25, 0.3) is 0 Å². The Balaban J connectivity index is 2.04. The zero-order chi connectivity index (χ0) is 14.6. The van der Waals surface area contributed by atoms with Gasteiger partial charge in [-0.15, -0.1) is 0 Å². The largest absolute Gasteiger partial charge is 0.491 e. The van der Waals surface area contributed by atoms with Crippen LogP contribution >= 0.6 is 15.9 Å². The molecule has 0 radical (unpaired) electrons. The van der Waals surface area contributed by atoms with Crippen molar-refractivity contribution in [2.24, 2.45) is 5.41 Å². The third-order valence-electron chi connectivity index (χ3n) is 3.68. The lowest BCUT2D eigenvalue weighted by Gasteiger charge is -2.18. The molecule has 3 nitrogen and oxygen atoms in total. The summed E-state index contributed by atoms with van der Waals surface area (Å²) in [6, 6.07) is 8.82. The van der Waals surface area contributed by atoms with Crippen molar-refractivity contribution in [3.63, 3.8) is 0 Å². The van der Waals surface area contributed by atoms with Crippen LogP contribution in [0.15, 0.2) is 22.7 Å². The quantitative estimate of drug-likeness (QED) is 0.817. The average Bonchev–Trinajstić information content (AvgIpc) is 3.16. The minimum atomic E-state index is 0.104. The number of benzene rings is 1. The molecule has 0 aliphatic heterocycles. The van der Waals surface area contributed by atoms with Crippen LogP contribution < -0.4 is 10.1 Å². The van der Waals surface area contributed by atoms with Crippen molar-refractivity contribution in [3.05, 3.63) is 28.2 Å². The van der Waals surface area contributed by atoms with Crippen LogP contribution in [0.1, 0.15) is 38.7 Å². The van der Waals surface area contributed by atoms with Crippen LogP contribution in [0.2, 0.25) is 0 Å². The number of rotatable bonds is 7. The molecule has 0 aromatic heterocycles. The lowest BCUT2D eigenvalue weighted by atomic mass is 10.1. The molecule has 1 N–H and O–H groups in total. The standard InChI is InChI=1S/C16H21BrN2O/c1-12(2)19-10-13-4-3-5-14(17)15(13)20-11-16(6-7-16)8-9-18/h3-5,12,19H,6-8,10-11H2,1-2H3. The molecule has 1 aliphatic rings. The number of hydrogen-bond acceptors (Lipinski definition) is 3. The van der Waals surface area contributed by atoms with Gasteiger partial charge in [0.1, 0.15) is 5.75 Å².